The average molecular weight is 301 g/mol. The molecule has 0 aliphatic carbocycles. The normalized spacial score (nSPS) is 11.0. The predicted molar refractivity (Wildman–Crippen MR) is 86.6 cm³/mol. The van der Waals surface area contributed by atoms with Crippen molar-refractivity contribution in [2.24, 2.45) is 7.05 Å². The summed E-state index contributed by atoms with van der Waals surface area (Å²) < 4.78 is 2.02. The third kappa shape index (κ3) is 2.72. The van der Waals surface area contributed by atoms with Crippen LogP contribution in [0, 0.1) is 0 Å². The molecule has 0 unspecified atom stereocenters. The molecule has 108 valence electrons. The Morgan fingerprint density at radius 1 is 1.29 bits per heavy atom. The highest BCUT2D eigenvalue weighted by Crippen LogP contribution is 2.26. The number of pyridine rings is 1. The SMILES string of the molecule is CN(Cc1nccn1C)c1nc(CCl)cc2ccccc12. The highest BCUT2D eigenvalue weighted by Gasteiger charge is 2.12. The maximum absolute atomic E-state index is 5.97. The van der Waals surface area contributed by atoms with Gasteiger partial charge in [-0.3, -0.25) is 0 Å². The third-order valence-electron chi connectivity index (χ3n) is 3.57. The first-order valence-electron chi connectivity index (χ1n) is 6.81. The molecule has 4 nitrogen and oxygen atoms in total. The van der Waals surface area contributed by atoms with Crippen molar-refractivity contribution < 1.29 is 0 Å². The van der Waals surface area contributed by atoms with E-state index >= 15 is 0 Å². The second kappa shape index (κ2) is 5.74. The van der Waals surface area contributed by atoms with Gasteiger partial charge in [-0.25, -0.2) is 9.97 Å². The zero-order chi connectivity index (χ0) is 14.8. The molecule has 5 heteroatoms. The molecule has 2 aromatic heterocycles. The van der Waals surface area contributed by atoms with Crippen molar-refractivity contribution in [1.29, 1.82) is 0 Å². The fourth-order valence-corrected chi connectivity index (χ4v) is 2.57. The summed E-state index contributed by atoms with van der Waals surface area (Å²) in [6.45, 7) is 0.701. The zero-order valence-electron chi connectivity index (χ0n) is 12.1. The van der Waals surface area contributed by atoms with Crippen LogP contribution in [0.25, 0.3) is 10.8 Å². The Kier molecular flexibility index (Phi) is 3.80. The van der Waals surface area contributed by atoms with Crippen LogP contribution >= 0.6 is 11.6 Å². The summed E-state index contributed by atoms with van der Waals surface area (Å²) in [4.78, 5) is 11.2. The van der Waals surface area contributed by atoms with Crippen molar-refractivity contribution >= 4 is 28.2 Å². The number of imidazole rings is 1. The molecule has 0 N–H and O–H groups in total. The Morgan fingerprint density at radius 2 is 2.10 bits per heavy atom. The Balaban J connectivity index is 2.04. The smallest absolute Gasteiger partial charge is 0.136 e. The standard InChI is InChI=1S/C16H17ClN4/c1-20-8-7-18-15(20)11-21(2)16-14-6-4-3-5-12(14)9-13(10-17)19-16/h3-9H,10-11H2,1-2H3. The van der Waals surface area contributed by atoms with Gasteiger partial charge in [0.15, 0.2) is 0 Å². The van der Waals surface area contributed by atoms with Crippen LogP contribution in [-0.2, 0) is 19.5 Å². The van der Waals surface area contributed by atoms with Crippen LogP contribution in [0.15, 0.2) is 42.7 Å². The van der Waals surface area contributed by atoms with Crippen molar-refractivity contribution in [3.63, 3.8) is 0 Å². The van der Waals surface area contributed by atoms with Gasteiger partial charge in [-0.2, -0.15) is 0 Å². The molecule has 0 aliphatic heterocycles. The highest BCUT2D eigenvalue weighted by atomic mass is 35.5. The quantitative estimate of drug-likeness (QED) is 0.693. The largest absolute Gasteiger partial charge is 0.352 e. The fraction of sp³-hybridized carbons (Fsp3) is 0.250. The van der Waals surface area contributed by atoms with Crippen LogP contribution in [0.5, 0.6) is 0 Å². The summed E-state index contributed by atoms with van der Waals surface area (Å²) in [7, 11) is 4.03. The van der Waals surface area contributed by atoms with Gasteiger partial charge < -0.3 is 9.47 Å². The van der Waals surface area contributed by atoms with Gasteiger partial charge in [0.2, 0.25) is 0 Å². The molecule has 21 heavy (non-hydrogen) atoms. The average Bonchev–Trinajstić information content (AvgIpc) is 2.91. The van der Waals surface area contributed by atoms with Crippen LogP contribution < -0.4 is 4.90 Å². The summed E-state index contributed by atoms with van der Waals surface area (Å²) in [5.74, 6) is 2.35. The lowest BCUT2D eigenvalue weighted by Crippen LogP contribution is -2.20. The first-order chi connectivity index (χ1) is 10.2. The van der Waals surface area contributed by atoms with E-state index < -0.39 is 0 Å². The van der Waals surface area contributed by atoms with Crippen LogP contribution in [0.2, 0.25) is 0 Å². The maximum atomic E-state index is 5.97. The lowest BCUT2D eigenvalue weighted by Gasteiger charge is -2.20. The number of halogens is 1. The molecule has 0 aliphatic rings. The van der Waals surface area contributed by atoms with Gasteiger partial charge in [0.25, 0.3) is 0 Å². The lowest BCUT2D eigenvalue weighted by molar-refractivity contribution is 0.756. The van der Waals surface area contributed by atoms with Gasteiger partial charge in [-0.1, -0.05) is 24.3 Å². The number of hydrogen-bond acceptors (Lipinski definition) is 3. The van der Waals surface area contributed by atoms with Crippen molar-refractivity contribution in [3.8, 4) is 0 Å². The second-order valence-corrected chi connectivity index (χ2v) is 5.37. The number of benzene rings is 1. The van der Waals surface area contributed by atoms with E-state index in [-0.39, 0.29) is 0 Å². The molecule has 0 amide bonds. The van der Waals surface area contributed by atoms with Crippen molar-refractivity contribution in [2.45, 2.75) is 12.4 Å². The number of aromatic nitrogens is 3. The van der Waals surface area contributed by atoms with E-state index in [9.17, 15) is 0 Å². The molecule has 1 aromatic carbocycles. The second-order valence-electron chi connectivity index (χ2n) is 5.10. The van der Waals surface area contributed by atoms with E-state index in [1.165, 1.54) is 0 Å². The van der Waals surface area contributed by atoms with Gasteiger partial charge in [-0.15, -0.1) is 11.6 Å². The molecule has 2 heterocycles. The summed E-state index contributed by atoms with van der Waals surface area (Å²) >= 11 is 5.97. The molecule has 0 atom stereocenters. The van der Waals surface area contributed by atoms with Crippen molar-refractivity contribution in [1.82, 2.24) is 14.5 Å². The summed E-state index contributed by atoms with van der Waals surface area (Å²) in [5.41, 5.74) is 0.886. The van der Waals surface area contributed by atoms with Crippen molar-refractivity contribution in [2.75, 3.05) is 11.9 Å². The van der Waals surface area contributed by atoms with E-state index in [1.54, 1.807) is 0 Å². The fourth-order valence-electron chi connectivity index (χ4n) is 2.43. The van der Waals surface area contributed by atoms with Gasteiger partial charge in [0.1, 0.15) is 11.6 Å². The summed E-state index contributed by atoms with van der Waals surface area (Å²) in [5, 5.41) is 2.29. The Bertz CT molecular complexity index is 766. The minimum Gasteiger partial charge on any atom is -0.352 e. The molecule has 0 spiro atoms. The van der Waals surface area contributed by atoms with E-state index in [4.69, 9.17) is 11.6 Å². The first kappa shape index (κ1) is 13.9. The third-order valence-corrected chi connectivity index (χ3v) is 3.85. The number of anilines is 1. The molecular formula is C16H17ClN4. The zero-order valence-corrected chi connectivity index (χ0v) is 12.9. The number of aryl methyl sites for hydroxylation is 1. The number of hydrogen-bond donors (Lipinski definition) is 0. The number of fused-ring (bicyclic) bond motifs is 1. The molecule has 0 radical (unpaired) electrons. The molecular weight excluding hydrogens is 284 g/mol. The van der Waals surface area contributed by atoms with Crippen LogP contribution in [0.4, 0.5) is 5.82 Å². The number of nitrogens with zero attached hydrogens (tertiary/aromatic N) is 4. The predicted octanol–water partition coefficient (Wildman–Crippen LogP) is 3.34. The molecule has 0 saturated carbocycles. The monoisotopic (exact) mass is 300 g/mol. The Morgan fingerprint density at radius 3 is 2.81 bits per heavy atom. The van der Waals surface area contributed by atoms with E-state index in [1.807, 2.05) is 49.3 Å². The van der Waals surface area contributed by atoms with Crippen LogP contribution in [0.3, 0.4) is 0 Å². The molecule has 0 fully saturated rings. The molecule has 0 bridgehead atoms. The van der Waals surface area contributed by atoms with E-state index in [0.29, 0.717) is 12.4 Å². The molecule has 3 aromatic rings. The van der Waals surface area contributed by atoms with E-state index in [2.05, 4.69) is 27.0 Å². The van der Waals surface area contributed by atoms with E-state index in [0.717, 1.165) is 28.1 Å². The van der Waals surface area contributed by atoms with Gasteiger partial charge >= 0.3 is 0 Å². The highest BCUT2D eigenvalue weighted by molar-refractivity contribution is 6.17. The number of rotatable bonds is 4. The molecule has 0 saturated heterocycles. The van der Waals surface area contributed by atoms with Crippen LogP contribution in [0.1, 0.15) is 11.5 Å². The maximum Gasteiger partial charge on any atom is 0.136 e. The van der Waals surface area contributed by atoms with Gasteiger partial charge in [0.05, 0.1) is 18.1 Å². The van der Waals surface area contributed by atoms with Gasteiger partial charge in [0, 0.05) is 31.9 Å². The Hall–Kier alpha value is -2.07. The number of alkyl halides is 1. The first-order valence-corrected chi connectivity index (χ1v) is 7.34. The summed E-state index contributed by atoms with van der Waals surface area (Å²) in [6.07, 6.45) is 3.76. The van der Waals surface area contributed by atoms with Crippen LogP contribution in [-0.4, -0.2) is 21.6 Å². The van der Waals surface area contributed by atoms with Gasteiger partial charge in [-0.05, 0) is 11.5 Å². The van der Waals surface area contributed by atoms with Crippen molar-refractivity contribution in [3.05, 3.63) is 54.2 Å². The lowest BCUT2D eigenvalue weighted by atomic mass is 10.1. The molecule has 3 rings (SSSR count). The Labute approximate surface area is 129 Å². The summed E-state index contributed by atoms with van der Waals surface area (Å²) in [6, 6.07) is 10.3. The minimum absolute atomic E-state index is 0.411. The minimum atomic E-state index is 0.411. The topological polar surface area (TPSA) is 34.0 Å².